The van der Waals surface area contributed by atoms with Gasteiger partial charge in [0.2, 0.25) is 0 Å². The predicted molar refractivity (Wildman–Crippen MR) is 74.4 cm³/mol. The van der Waals surface area contributed by atoms with E-state index in [0.29, 0.717) is 17.3 Å². The summed E-state index contributed by atoms with van der Waals surface area (Å²) >= 11 is 3.47. The molecule has 3 aromatic heterocycles. The van der Waals surface area contributed by atoms with Crippen LogP contribution < -0.4 is 5.73 Å². The van der Waals surface area contributed by atoms with E-state index in [1.807, 2.05) is 41.8 Å². The molecule has 0 aliphatic carbocycles. The van der Waals surface area contributed by atoms with E-state index in [9.17, 15) is 0 Å². The zero-order chi connectivity index (χ0) is 12.7. The molecule has 92 valence electrons. The third-order valence-corrected chi connectivity index (χ3v) is 3.50. The van der Waals surface area contributed by atoms with Crippen LogP contribution in [0.3, 0.4) is 0 Å². The average Bonchev–Trinajstić information content (AvgIpc) is 2.96. The number of rotatable bonds is 2. The van der Waals surface area contributed by atoms with Crippen LogP contribution in [0.1, 0.15) is 12.7 Å². The molecule has 18 heavy (non-hydrogen) atoms. The largest absolute Gasteiger partial charge is 0.459 e. The number of imidazole rings is 1. The van der Waals surface area contributed by atoms with E-state index < -0.39 is 0 Å². The number of nitrogens with two attached hydrogens (primary N) is 1. The number of halogens is 1. The van der Waals surface area contributed by atoms with Crippen molar-refractivity contribution in [1.82, 2.24) is 9.38 Å². The highest BCUT2D eigenvalue weighted by molar-refractivity contribution is 9.10. The van der Waals surface area contributed by atoms with Crippen LogP contribution >= 0.6 is 15.9 Å². The summed E-state index contributed by atoms with van der Waals surface area (Å²) in [4.78, 5) is 4.53. The van der Waals surface area contributed by atoms with Crippen LogP contribution in [0.25, 0.3) is 17.1 Å². The molecule has 0 fully saturated rings. The molecule has 0 bridgehead atoms. The normalized spacial score (nSPS) is 11.2. The van der Waals surface area contributed by atoms with Crippen LogP contribution in [-0.4, -0.2) is 9.38 Å². The van der Waals surface area contributed by atoms with Gasteiger partial charge in [-0.15, -0.1) is 0 Å². The Labute approximate surface area is 113 Å². The highest BCUT2D eigenvalue weighted by atomic mass is 79.9. The van der Waals surface area contributed by atoms with E-state index in [2.05, 4.69) is 20.9 Å². The fourth-order valence-electron chi connectivity index (χ4n) is 1.93. The number of hydrogen-bond donors (Lipinski definition) is 1. The number of aromatic nitrogens is 2. The zero-order valence-corrected chi connectivity index (χ0v) is 11.4. The van der Waals surface area contributed by atoms with E-state index in [1.165, 1.54) is 0 Å². The number of furan rings is 1. The molecule has 0 unspecified atom stereocenters. The van der Waals surface area contributed by atoms with Gasteiger partial charge in [-0.1, -0.05) is 6.92 Å². The van der Waals surface area contributed by atoms with Crippen molar-refractivity contribution in [2.24, 2.45) is 0 Å². The number of pyridine rings is 1. The van der Waals surface area contributed by atoms with Gasteiger partial charge in [0, 0.05) is 12.6 Å². The fourth-order valence-corrected chi connectivity index (χ4v) is 2.36. The smallest absolute Gasteiger partial charge is 0.156 e. The van der Waals surface area contributed by atoms with Gasteiger partial charge in [0.15, 0.2) is 11.4 Å². The molecule has 3 rings (SSSR count). The lowest BCUT2D eigenvalue weighted by molar-refractivity contribution is 0.528. The standard InChI is InChI=1S/C13H12BrN3O/c1-2-8-5-6-10(18-8)11-12(15)17-7-3-4-9(14)13(17)16-11/h3-7H,2,15H2,1H3. The molecule has 0 saturated heterocycles. The summed E-state index contributed by atoms with van der Waals surface area (Å²) in [5.74, 6) is 2.23. The van der Waals surface area contributed by atoms with E-state index in [1.54, 1.807) is 0 Å². The molecule has 5 heteroatoms. The highest BCUT2D eigenvalue weighted by Gasteiger charge is 2.15. The van der Waals surface area contributed by atoms with Crippen LogP contribution in [0.4, 0.5) is 5.82 Å². The maximum atomic E-state index is 6.11. The summed E-state index contributed by atoms with van der Waals surface area (Å²) in [6, 6.07) is 7.71. The Morgan fingerprint density at radius 2 is 2.22 bits per heavy atom. The van der Waals surface area contributed by atoms with E-state index in [-0.39, 0.29) is 0 Å². The topological polar surface area (TPSA) is 56.5 Å². The van der Waals surface area contributed by atoms with Gasteiger partial charge in [0.25, 0.3) is 0 Å². The lowest BCUT2D eigenvalue weighted by Crippen LogP contribution is -1.93. The van der Waals surface area contributed by atoms with E-state index in [4.69, 9.17) is 10.2 Å². The van der Waals surface area contributed by atoms with Gasteiger partial charge in [-0.25, -0.2) is 4.98 Å². The summed E-state index contributed by atoms with van der Waals surface area (Å²) in [7, 11) is 0. The number of nitrogen functional groups attached to an aromatic ring is 1. The third kappa shape index (κ3) is 1.62. The van der Waals surface area contributed by atoms with Crippen molar-refractivity contribution in [2.45, 2.75) is 13.3 Å². The van der Waals surface area contributed by atoms with Gasteiger partial charge < -0.3 is 10.2 Å². The molecule has 0 saturated carbocycles. The van der Waals surface area contributed by atoms with Gasteiger partial charge in [-0.3, -0.25) is 4.40 Å². The summed E-state index contributed by atoms with van der Waals surface area (Å²) in [5, 5.41) is 0. The lowest BCUT2D eigenvalue weighted by atomic mass is 10.3. The molecule has 4 nitrogen and oxygen atoms in total. The van der Waals surface area contributed by atoms with Crippen molar-refractivity contribution in [3.05, 3.63) is 40.7 Å². The summed E-state index contributed by atoms with van der Waals surface area (Å²) in [6.07, 6.45) is 2.74. The Hall–Kier alpha value is -1.75. The van der Waals surface area contributed by atoms with Crippen LogP contribution in [0, 0.1) is 0 Å². The van der Waals surface area contributed by atoms with E-state index >= 15 is 0 Å². The molecule has 0 aliphatic rings. The second kappa shape index (κ2) is 4.17. The summed E-state index contributed by atoms with van der Waals surface area (Å²) < 4.78 is 8.45. The van der Waals surface area contributed by atoms with E-state index in [0.717, 1.165) is 22.3 Å². The Morgan fingerprint density at radius 1 is 1.39 bits per heavy atom. The Bertz CT molecular complexity index is 714. The van der Waals surface area contributed by atoms with Crippen molar-refractivity contribution >= 4 is 27.4 Å². The zero-order valence-electron chi connectivity index (χ0n) is 9.85. The Balaban J connectivity index is 2.23. The maximum Gasteiger partial charge on any atom is 0.156 e. The molecule has 3 heterocycles. The fraction of sp³-hybridized carbons (Fsp3) is 0.154. The predicted octanol–water partition coefficient (Wildman–Crippen LogP) is 3.50. The first-order chi connectivity index (χ1) is 8.70. The van der Waals surface area contributed by atoms with Crippen LogP contribution in [0.5, 0.6) is 0 Å². The molecule has 0 aromatic carbocycles. The van der Waals surface area contributed by atoms with Gasteiger partial charge in [0.05, 0.1) is 4.47 Å². The van der Waals surface area contributed by atoms with Crippen molar-refractivity contribution in [3.8, 4) is 11.5 Å². The first-order valence-electron chi connectivity index (χ1n) is 5.72. The number of hydrogen-bond acceptors (Lipinski definition) is 3. The van der Waals surface area contributed by atoms with Crippen molar-refractivity contribution in [2.75, 3.05) is 5.73 Å². The minimum absolute atomic E-state index is 0.586. The van der Waals surface area contributed by atoms with Gasteiger partial charge in [0.1, 0.15) is 17.3 Å². The monoisotopic (exact) mass is 305 g/mol. The number of anilines is 1. The third-order valence-electron chi connectivity index (χ3n) is 2.88. The Morgan fingerprint density at radius 3 is 2.89 bits per heavy atom. The molecular weight excluding hydrogens is 294 g/mol. The van der Waals surface area contributed by atoms with Crippen LogP contribution in [0.15, 0.2) is 39.4 Å². The van der Waals surface area contributed by atoms with Crippen molar-refractivity contribution < 1.29 is 4.42 Å². The molecule has 0 aliphatic heterocycles. The van der Waals surface area contributed by atoms with Gasteiger partial charge in [-0.05, 0) is 40.2 Å². The molecule has 0 atom stereocenters. The Kier molecular flexibility index (Phi) is 2.63. The van der Waals surface area contributed by atoms with Crippen molar-refractivity contribution in [1.29, 1.82) is 0 Å². The molecule has 0 amide bonds. The molecule has 0 radical (unpaired) electrons. The average molecular weight is 306 g/mol. The summed E-state index contributed by atoms with van der Waals surface area (Å²) in [5.41, 5.74) is 7.58. The summed E-state index contributed by atoms with van der Waals surface area (Å²) in [6.45, 7) is 2.05. The lowest BCUT2D eigenvalue weighted by Gasteiger charge is -1.97. The first kappa shape index (κ1) is 11.3. The molecule has 0 spiro atoms. The quantitative estimate of drug-likeness (QED) is 0.788. The van der Waals surface area contributed by atoms with Gasteiger partial charge >= 0.3 is 0 Å². The first-order valence-corrected chi connectivity index (χ1v) is 6.51. The van der Waals surface area contributed by atoms with Crippen LogP contribution in [-0.2, 0) is 6.42 Å². The minimum atomic E-state index is 0.586. The number of fused-ring (bicyclic) bond motifs is 1. The number of nitrogens with zero attached hydrogens (tertiary/aromatic N) is 2. The minimum Gasteiger partial charge on any atom is -0.459 e. The SMILES string of the molecule is CCc1ccc(-c2nc3c(Br)cccn3c2N)o1. The van der Waals surface area contributed by atoms with Crippen molar-refractivity contribution in [3.63, 3.8) is 0 Å². The van der Waals surface area contributed by atoms with Crippen LogP contribution in [0.2, 0.25) is 0 Å². The number of aryl methyl sites for hydroxylation is 1. The second-order valence-electron chi connectivity index (χ2n) is 4.01. The molecule has 3 aromatic rings. The maximum absolute atomic E-state index is 6.11. The highest BCUT2D eigenvalue weighted by Crippen LogP contribution is 2.30. The molecule has 2 N–H and O–H groups in total. The second-order valence-corrected chi connectivity index (χ2v) is 4.87. The van der Waals surface area contributed by atoms with Gasteiger partial charge in [-0.2, -0.15) is 0 Å². The molecular formula is C13H12BrN3O.